The quantitative estimate of drug-likeness (QED) is 0.753. The molecule has 86 valence electrons. The molecular weight excluding hydrogens is 239 g/mol. The van der Waals surface area contributed by atoms with Crippen LogP contribution in [0.5, 0.6) is 0 Å². The number of hydrogen-bond donors (Lipinski definition) is 0. The Labute approximate surface area is 104 Å². The summed E-state index contributed by atoms with van der Waals surface area (Å²) in [5.74, 6) is -0.501. The van der Waals surface area contributed by atoms with Crippen molar-refractivity contribution in [3.63, 3.8) is 0 Å². The zero-order valence-electron chi connectivity index (χ0n) is 8.99. The summed E-state index contributed by atoms with van der Waals surface area (Å²) in [5.41, 5.74) is 1.25. The number of hydrogen-bond acceptors (Lipinski definition) is 1. The summed E-state index contributed by atoms with van der Waals surface area (Å²) in [4.78, 5) is 11.9. The lowest BCUT2D eigenvalue weighted by molar-refractivity contribution is 0.0992. The molecule has 2 aromatic rings. The summed E-state index contributed by atoms with van der Waals surface area (Å²) in [7, 11) is 0. The Morgan fingerprint density at radius 2 is 1.82 bits per heavy atom. The van der Waals surface area contributed by atoms with Crippen LogP contribution in [0.15, 0.2) is 48.5 Å². The number of carbonyl (C=O) groups is 1. The van der Waals surface area contributed by atoms with E-state index in [0.717, 1.165) is 5.56 Å². The molecule has 2 rings (SSSR count). The average Bonchev–Trinajstić information content (AvgIpc) is 2.32. The molecule has 0 bridgehead atoms. The summed E-state index contributed by atoms with van der Waals surface area (Å²) in [6, 6.07) is 12.8. The minimum atomic E-state index is -0.396. The van der Waals surface area contributed by atoms with E-state index in [1.165, 1.54) is 18.2 Å². The predicted octanol–water partition coefficient (Wildman–Crippen LogP) is 3.90. The molecule has 0 aliphatic heterocycles. The van der Waals surface area contributed by atoms with Gasteiger partial charge >= 0.3 is 0 Å². The Morgan fingerprint density at radius 1 is 1.12 bits per heavy atom. The van der Waals surface area contributed by atoms with Crippen LogP contribution in [0.2, 0.25) is 5.02 Å². The fraction of sp³-hybridized carbons (Fsp3) is 0.0714. The van der Waals surface area contributed by atoms with Crippen LogP contribution in [0.25, 0.3) is 0 Å². The van der Waals surface area contributed by atoms with Crippen molar-refractivity contribution in [1.29, 1.82) is 0 Å². The lowest BCUT2D eigenvalue weighted by atomic mass is 10.0. The molecule has 0 heterocycles. The van der Waals surface area contributed by atoms with E-state index in [4.69, 9.17) is 11.6 Å². The van der Waals surface area contributed by atoms with Gasteiger partial charge in [-0.3, -0.25) is 4.79 Å². The first-order chi connectivity index (χ1) is 8.15. The first-order valence-electron chi connectivity index (χ1n) is 5.18. The molecule has 0 aromatic heterocycles. The Hall–Kier alpha value is -1.67. The van der Waals surface area contributed by atoms with Crippen molar-refractivity contribution >= 4 is 17.4 Å². The van der Waals surface area contributed by atoms with E-state index in [-0.39, 0.29) is 12.2 Å². The van der Waals surface area contributed by atoms with E-state index >= 15 is 0 Å². The highest BCUT2D eigenvalue weighted by atomic mass is 35.5. The Balaban J connectivity index is 2.14. The molecule has 0 radical (unpaired) electrons. The Bertz CT molecular complexity index is 534. The van der Waals surface area contributed by atoms with E-state index in [1.807, 2.05) is 0 Å². The third-order valence-corrected chi connectivity index (χ3v) is 2.68. The number of benzene rings is 2. The van der Waals surface area contributed by atoms with Gasteiger partial charge in [-0.05, 0) is 29.8 Å². The van der Waals surface area contributed by atoms with Crippen molar-refractivity contribution in [1.82, 2.24) is 0 Å². The van der Waals surface area contributed by atoms with Gasteiger partial charge in [-0.2, -0.15) is 0 Å². The largest absolute Gasteiger partial charge is 0.294 e. The van der Waals surface area contributed by atoms with Crippen LogP contribution < -0.4 is 0 Å². The number of Topliss-reactive ketones (excluding diaryl/α,β-unsaturated/α-hetero) is 1. The average molecular weight is 249 g/mol. The maximum Gasteiger partial charge on any atom is 0.167 e. The monoisotopic (exact) mass is 248 g/mol. The lowest BCUT2D eigenvalue weighted by Gasteiger charge is -2.02. The summed E-state index contributed by atoms with van der Waals surface area (Å²) in [6.07, 6.45) is 0.251. The molecule has 3 heteroatoms. The van der Waals surface area contributed by atoms with Gasteiger partial charge in [0, 0.05) is 17.0 Å². The summed E-state index contributed by atoms with van der Waals surface area (Å²) in [6.45, 7) is 0. The molecule has 0 aliphatic carbocycles. The van der Waals surface area contributed by atoms with Gasteiger partial charge in [-0.25, -0.2) is 4.39 Å². The van der Waals surface area contributed by atoms with Crippen LogP contribution >= 0.6 is 11.6 Å². The molecule has 1 nitrogen and oxygen atoms in total. The van der Waals surface area contributed by atoms with Crippen LogP contribution in [0, 0.1) is 5.82 Å². The maximum absolute atomic E-state index is 12.9. The number of halogens is 2. The van der Waals surface area contributed by atoms with Crippen molar-refractivity contribution in [2.45, 2.75) is 6.42 Å². The van der Waals surface area contributed by atoms with E-state index in [9.17, 15) is 9.18 Å². The second kappa shape index (κ2) is 5.11. The second-order valence-electron chi connectivity index (χ2n) is 3.74. The standard InChI is InChI=1S/C14H10ClFO/c15-12-6-4-10(5-7-12)8-14(17)11-2-1-3-13(16)9-11/h1-7,9H,8H2. The van der Waals surface area contributed by atoms with E-state index in [1.54, 1.807) is 30.3 Å². The predicted molar refractivity (Wildman–Crippen MR) is 65.9 cm³/mol. The number of rotatable bonds is 3. The fourth-order valence-electron chi connectivity index (χ4n) is 1.55. The van der Waals surface area contributed by atoms with Gasteiger partial charge in [0.15, 0.2) is 5.78 Å². The van der Waals surface area contributed by atoms with Gasteiger partial charge in [0.25, 0.3) is 0 Å². The summed E-state index contributed by atoms with van der Waals surface area (Å²) < 4.78 is 12.9. The zero-order chi connectivity index (χ0) is 12.3. The van der Waals surface area contributed by atoms with Crippen LogP contribution in [-0.2, 0) is 6.42 Å². The molecule has 0 atom stereocenters. The minimum Gasteiger partial charge on any atom is -0.294 e. The van der Waals surface area contributed by atoms with Crippen LogP contribution in [-0.4, -0.2) is 5.78 Å². The maximum atomic E-state index is 12.9. The van der Waals surface area contributed by atoms with E-state index in [2.05, 4.69) is 0 Å². The van der Waals surface area contributed by atoms with E-state index < -0.39 is 5.82 Å². The molecule has 0 amide bonds. The first-order valence-corrected chi connectivity index (χ1v) is 5.56. The Morgan fingerprint density at radius 3 is 2.47 bits per heavy atom. The third-order valence-electron chi connectivity index (χ3n) is 2.42. The first kappa shape index (κ1) is 11.8. The molecule has 2 aromatic carbocycles. The van der Waals surface area contributed by atoms with Crippen molar-refractivity contribution in [3.05, 3.63) is 70.5 Å². The molecular formula is C14H10ClFO. The van der Waals surface area contributed by atoms with Gasteiger partial charge in [0.05, 0.1) is 0 Å². The van der Waals surface area contributed by atoms with Crippen molar-refractivity contribution in [2.24, 2.45) is 0 Å². The minimum absolute atomic E-state index is 0.105. The molecule has 0 saturated carbocycles. The van der Waals surface area contributed by atoms with Gasteiger partial charge < -0.3 is 0 Å². The molecule has 0 unspecified atom stereocenters. The number of carbonyl (C=O) groups excluding carboxylic acids is 1. The van der Waals surface area contributed by atoms with Crippen LogP contribution in [0.1, 0.15) is 15.9 Å². The summed E-state index contributed by atoms with van der Waals surface area (Å²) in [5, 5.41) is 0.631. The molecule has 0 spiro atoms. The zero-order valence-corrected chi connectivity index (χ0v) is 9.75. The van der Waals surface area contributed by atoms with Crippen LogP contribution in [0.4, 0.5) is 4.39 Å². The molecule has 0 aliphatic rings. The fourth-order valence-corrected chi connectivity index (χ4v) is 1.68. The number of ketones is 1. The Kier molecular flexibility index (Phi) is 3.55. The molecule has 0 saturated heterocycles. The molecule has 17 heavy (non-hydrogen) atoms. The smallest absolute Gasteiger partial charge is 0.167 e. The van der Waals surface area contributed by atoms with Gasteiger partial charge in [0.2, 0.25) is 0 Å². The van der Waals surface area contributed by atoms with Crippen molar-refractivity contribution in [3.8, 4) is 0 Å². The van der Waals surface area contributed by atoms with Crippen LogP contribution in [0.3, 0.4) is 0 Å². The lowest BCUT2D eigenvalue weighted by Crippen LogP contribution is -2.03. The van der Waals surface area contributed by atoms with Crippen molar-refractivity contribution in [2.75, 3.05) is 0 Å². The van der Waals surface area contributed by atoms with E-state index in [0.29, 0.717) is 10.6 Å². The van der Waals surface area contributed by atoms with Gasteiger partial charge in [0.1, 0.15) is 5.82 Å². The highest BCUT2D eigenvalue weighted by Crippen LogP contribution is 2.12. The molecule has 0 fully saturated rings. The molecule has 0 N–H and O–H groups in total. The normalized spacial score (nSPS) is 10.2. The van der Waals surface area contributed by atoms with Gasteiger partial charge in [-0.1, -0.05) is 35.9 Å². The highest BCUT2D eigenvalue weighted by molar-refractivity contribution is 6.30. The summed E-state index contributed by atoms with van der Waals surface area (Å²) >= 11 is 5.75. The topological polar surface area (TPSA) is 17.1 Å². The van der Waals surface area contributed by atoms with Gasteiger partial charge in [-0.15, -0.1) is 0 Å². The second-order valence-corrected chi connectivity index (χ2v) is 4.17. The third kappa shape index (κ3) is 3.14. The highest BCUT2D eigenvalue weighted by Gasteiger charge is 2.07. The van der Waals surface area contributed by atoms with Crippen molar-refractivity contribution < 1.29 is 9.18 Å². The SMILES string of the molecule is O=C(Cc1ccc(Cl)cc1)c1cccc(F)c1.